The Labute approximate surface area is 125 Å². The average molecular weight is 290 g/mol. The molecule has 2 N–H and O–H groups in total. The molecule has 1 aliphatic heterocycles. The standard InChI is InChI=1S/C16H22N2O3/c1-2-21-14-5-3-12(4-6-14)15(19)7-8-16(20)18-10-9-13(17)11-18/h3-6,13H,2,7-11,17H2,1H3/t13-/m1/s1. The number of ketones is 1. The van der Waals surface area contributed by atoms with Crippen molar-refractivity contribution in [3.8, 4) is 5.75 Å². The zero-order valence-corrected chi connectivity index (χ0v) is 12.4. The smallest absolute Gasteiger partial charge is 0.223 e. The van der Waals surface area contributed by atoms with Crippen LogP contribution >= 0.6 is 0 Å². The highest BCUT2D eigenvalue weighted by molar-refractivity contribution is 5.98. The van der Waals surface area contributed by atoms with Gasteiger partial charge in [-0.1, -0.05) is 0 Å². The minimum absolute atomic E-state index is 0.0160. The van der Waals surface area contributed by atoms with Crippen molar-refractivity contribution in [2.45, 2.75) is 32.2 Å². The summed E-state index contributed by atoms with van der Waals surface area (Å²) in [6, 6.07) is 7.11. The number of likely N-dealkylation sites (tertiary alicyclic amines) is 1. The van der Waals surface area contributed by atoms with Crippen molar-refractivity contribution < 1.29 is 14.3 Å². The van der Waals surface area contributed by atoms with Crippen molar-refractivity contribution in [3.05, 3.63) is 29.8 Å². The van der Waals surface area contributed by atoms with Crippen molar-refractivity contribution in [2.75, 3.05) is 19.7 Å². The topological polar surface area (TPSA) is 72.6 Å². The Morgan fingerprint density at radius 1 is 1.29 bits per heavy atom. The van der Waals surface area contributed by atoms with Gasteiger partial charge in [0.05, 0.1) is 6.61 Å². The molecule has 0 aromatic heterocycles. The summed E-state index contributed by atoms with van der Waals surface area (Å²) in [5.41, 5.74) is 6.39. The van der Waals surface area contributed by atoms with Crippen LogP contribution < -0.4 is 10.5 Å². The number of ether oxygens (including phenoxy) is 1. The predicted molar refractivity (Wildman–Crippen MR) is 80.3 cm³/mol. The van der Waals surface area contributed by atoms with E-state index in [4.69, 9.17) is 10.5 Å². The summed E-state index contributed by atoms with van der Waals surface area (Å²) >= 11 is 0. The zero-order chi connectivity index (χ0) is 15.2. The van der Waals surface area contributed by atoms with E-state index in [9.17, 15) is 9.59 Å². The molecular weight excluding hydrogens is 268 g/mol. The monoisotopic (exact) mass is 290 g/mol. The van der Waals surface area contributed by atoms with Crippen molar-refractivity contribution in [1.29, 1.82) is 0 Å². The number of hydrogen-bond donors (Lipinski definition) is 1. The molecule has 21 heavy (non-hydrogen) atoms. The Hall–Kier alpha value is -1.88. The highest BCUT2D eigenvalue weighted by atomic mass is 16.5. The van der Waals surface area contributed by atoms with Gasteiger partial charge in [0.15, 0.2) is 5.78 Å². The lowest BCUT2D eigenvalue weighted by atomic mass is 10.1. The van der Waals surface area contributed by atoms with Gasteiger partial charge >= 0.3 is 0 Å². The van der Waals surface area contributed by atoms with Crippen molar-refractivity contribution in [3.63, 3.8) is 0 Å². The van der Waals surface area contributed by atoms with Gasteiger partial charge in [-0.05, 0) is 37.6 Å². The van der Waals surface area contributed by atoms with Crippen molar-refractivity contribution in [1.82, 2.24) is 4.90 Å². The van der Waals surface area contributed by atoms with E-state index in [2.05, 4.69) is 0 Å². The Kier molecular flexibility index (Phi) is 5.33. The number of rotatable bonds is 6. The minimum Gasteiger partial charge on any atom is -0.494 e. The van der Waals surface area contributed by atoms with Crippen LogP contribution in [0.15, 0.2) is 24.3 Å². The molecule has 114 valence electrons. The Morgan fingerprint density at radius 2 is 2.00 bits per heavy atom. The lowest BCUT2D eigenvalue weighted by Gasteiger charge is -2.15. The third-order valence-corrected chi connectivity index (χ3v) is 3.63. The fourth-order valence-corrected chi connectivity index (χ4v) is 2.44. The van der Waals surface area contributed by atoms with E-state index in [0.29, 0.717) is 25.3 Å². The molecule has 1 fully saturated rings. The number of hydrogen-bond acceptors (Lipinski definition) is 4. The Morgan fingerprint density at radius 3 is 2.57 bits per heavy atom. The van der Waals surface area contributed by atoms with Crippen LogP contribution in [0.5, 0.6) is 5.75 Å². The summed E-state index contributed by atoms with van der Waals surface area (Å²) in [5, 5.41) is 0. The molecule has 0 radical (unpaired) electrons. The van der Waals surface area contributed by atoms with Crippen LogP contribution in [0.1, 0.15) is 36.5 Å². The van der Waals surface area contributed by atoms with E-state index >= 15 is 0 Å². The van der Waals surface area contributed by atoms with Gasteiger partial charge in [-0.2, -0.15) is 0 Å². The second-order valence-electron chi connectivity index (χ2n) is 5.27. The van der Waals surface area contributed by atoms with Gasteiger partial charge in [0.25, 0.3) is 0 Å². The molecule has 1 aliphatic rings. The number of Topliss-reactive ketones (excluding diaryl/α,β-unsaturated/α-hetero) is 1. The van der Waals surface area contributed by atoms with Crippen LogP contribution in [0.3, 0.4) is 0 Å². The molecule has 0 aliphatic carbocycles. The number of benzene rings is 1. The maximum absolute atomic E-state index is 12.1. The zero-order valence-electron chi connectivity index (χ0n) is 12.4. The Bertz CT molecular complexity index is 499. The van der Waals surface area contributed by atoms with E-state index in [1.54, 1.807) is 29.2 Å². The molecule has 0 unspecified atom stereocenters. The summed E-state index contributed by atoms with van der Waals surface area (Å²) in [6.45, 7) is 3.82. The van der Waals surface area contributed by atoms with Crippen molar-refractivity contribution in [2.24, 2.45) is 5.73 Å². The van der Waals surface area contributed by atoms with Gasteiger partial charge < -0.3 is 15.4 Å². The fraction of sp³-hybridized carbons (Fsp3) is 0.500. The summed E-state index contributed by atoms with van der Waals surface area (Å²) in [4.78, 5) is 25.8. The second kappa shape index (κ2) is 7.22. The summed E-state index contributed by atoms with van der Waals surface area (Å²) in [7, 11) is 0. The summed E-state index contributed by atoms with van der Waals surface area (Å²) < 4.78 is 5.33. The highest BCUT2D eigenvalue weighted by Gasteiger charge is 2.23. The average Bonchev–Trinajstić information content (AvgIpc) is 2.92. The van der Waals surface area contributed by atoms with Gasteiger partial charge in [-0.15, -0.1) is 0 Å². The fourth-order valence-electron chi connectivity index (χ4n) is 2.44. The maximum Gasteiger partial charge on any atom is 0.223 e. The number of carbonyl (C=O) groups is 2. The molecule has 0 spiro atoms. The van der Waals surface area contributed by atoms with Crippen molar-refractivity contribution >= 4 is 11.7 Å². The molecule has 0 saturated carbocycles. The van der Waals surface area contributed by atoms with Crippen LogP contribution in [-0.4, -0.2) is 42.3 Å². The van der Waals surface area contributed by atoms with E-state index < -0.39 is 0 Å². The predicted octanol–water partition coefficient (Wildman–Crippen LogP) is 1.61. The highest BCUT2D eigenvalue weighted by Crippen LogP contribution is 2.15. The SMILES string of the molecule is CCOc1ccc(C(=O)CCC(=O)N2CC[C@@H](N)C2)cc1. The lowest BCUT2D eigenvalue weighted by Crippen LogP contribution is -2.32. The first-order valence-electron chi connectivity index (χ1n) is 7.39. The van der Waals surface area contributed by atoms with Gasteiger partial charge in [0.1, 0.15) is 5.75 Å². The first-order valence-corrected chi connectivity index (χ1v) is 7.39. The minimum atomic E-state index is -0.0186. The number of nitrogens with two attached hydrogens (primary N) is 1. The summed E-state index contributed by atoms with van der Waals surface area (Å²) in [6.07, 6.45) is 1.33. The summed E-state index contributed by atoms with van der Waals surface area (Å²) in [5.74, 6) is 0.744. The largest absolute Gasteiger partial charge is 0.494 e. The van der Waals surface area contributed by atoms with Crippen LogP contribution in [0, 0.1) is 0 Å². The number of carbonyl (C=O) groups excluding carboxylic acids is 2. The molecule has 1 amide bonds. The number of amides is 1. The van der Waals surface area contributed by atoms with Gasteiger partial charge in [-0.3, -0.25) is 9.59 Å². The molecule has 2 rings (SSSR count). The normalized spacial score (nSPS) is 17.8. The molecule has 1 aromatic rings. The van der Waals surface area contributed by atoms with Crippen LogP contribution in [0.4, 0.5) is 0 Å². The van der Waals surface area contributed by atoms with Gasteiger partial charge in [0.2, 0.25) is 5.91 Å². The van der Waals surface area contributed by atoms with Crippen LogP contribution in [0.25, 0.3) is 0 Å². The molecule has 1 atom stereocenters. The van der Waals surface area contributed by atoms with E-state index in [0.717, 1.165) is 12.2 Å². The van der Waals surface area contributed by atoms with E-state index in [1.165, 1.54) is 0 Å². The van der Waals surface area contributed by atoms with Gasteiger partial charge in [-0.25, -0.2) is 0 Å². The molecular formula is C16H22N2O3. The molecule has 0 bridgehead atoms. The third-order valence-electron chi connectivity index (χ3n) is 3.63. The first-order chi connectivity index (χ1) is 10.1. The maximum atomic E-state index is 12.1. The Balaban J connectivity index is 1.82. The second-order valence-corrected chi connectivity index (χ2v) is 5.27. The quantitative estimate of drug-likeness (QED) is 0.808. The third kappa shape index (κ3) is 4.29. The van der Waals surface area contributed by atoms with Crippen LogP contribution in [-0.2, 0) is 4.79 Å². The molecule has 1 saturated heterocycles. The molecule has 1 aromatic carbocycles. The lowest BCUT2D eigenvalue weighted by molar-refractivity contribution is -0.130. The molecule has 5 heteroatoms. The molecule has 1 heterocycles. The van der Waals surface area contributed by atoms with Crippen LogP contribution in [0.2, 0.25) is 0 Å². The van der Waals surface area contributed by atoms with E-state index in [1.807, 2.05) is 6.92 Å². The van der Waals surface area contributed by atoms with E-state index in [-0.39, 0.29) is 30.6 Å². The first kappa shape index (κ1) is 15.5. The van der Waals surface area contributed by atoms with Gasteiger partial charge in [0, 0.05) is 37.5 Å². The number of nitrogens with zero attached hydrogens (tertiary/aromatic N) is 1. The molecule has 5 nitrogen and oxygen atoms in total.